The number of carbonyl (C=O) groups is 1. The Bertz CT molecular complexity index is 653. The average Bonchev–Trinajstić information content (AvgIpc) is 3.11. The fraction of sp³-hybridized carbons (Fsp3) is 0.389. The minimum absolute atomic E-state index is 0.120. The molecule has 0 bridgehead atoms. The number of benzene rings is 1. The van der Waals surface area contributed by atoms with Gasteiger partial charge in [-0.25, -0.2) is 4.98 Å². The van der Waals surface area contributed by atoms with Crippen molar-refractivity contribution in [1.29, 1.82) is 0 Å². The minimum Gasteiger partial charge on any atom is -0.490 e. The molecule has 24 heavy (non-hydrogen) atoms. The van der Waals surface area contributed by atoms with Crippen LogP contribution in [0.4, 0.5) is 0 Å². The van der Waals surface area contributed by atoms with Crippen LogP contribution in [0.5, 0.6) is 5.75 Å². The van der Waals surface area contributed by atoms with Gasteiger partial charge in [0.1, 0.15) is 17.9 Å². The van der Waals surface area contributed by atoms with Gasteiger partial charge in [0.05, 0.1) is 6.10 Å². The molecule has 1 aromatic carbocycles. The lowest BCUT2D eigenvalue weighted by molar-refractivity contribution is -0.116. The van der Waals surface area contributed by atoms with Crippen LogP contribution in [0.15, 0.2) is 36.7 Å². The zero-order valence-electron chi connectivity index (χ0n) is 14.2. The van der Waals surface area contributed by atoms with E-state index in [1.807, 2.05) is 31.2 Å². The first-order valence-corrected chi connectivity index (χ1v) is 8.25. The SMILES string of the molecule is CCC(C)Oc1ccccc1/C=C/C(=O)NCCCc1ncn[nH]1. The number of hydrogen-bond acceptors (Lipinski definition) is 4. The number of rotatable bonds is 9. The number of carbonyl (C=O) groups excluding carboxylic acids is 1. The maximum Gasteiger partial charge on any atom is 0.244 e. The fourth-order valence-corrected chi connectivity index (χ4v) is 2.07. The van der Waals surface area contributed by atoms with Crippen LogP contribution in [0.3, 0.4) is 0 Å². The maximum atomic E-state index is 11.9. The highest BCUT2D eigenvalue weighted by molar-refractivity contribution is 5.92. The van der Waals surface area contributed by atoms with E-state index < -0.39 is 0 Å². The molecule has 128 valence electrons. The maximum absolute atomic E-state index is 11.9. The Labute approximate surface area is 142 Å². The van der Waals surface area contributed by atoms with Crippen molar-refractivity contribution in [1.82, 2.24) is 20.5 Å². The Kier molecular flexibility index (Phi) is 7.01. The van der Waals surface area contributed by atoms with E-state index >= 15 is 0 Å². The quantitative estimate of drug-likeness (QED) is 0.548. The third-order valence-corrected chi connectivity index (χ3v) is 3.59. The molecule has 0 saturated heterocycles. The molecule has 2 rings (SSSR count). The molecule has 6 nitrogen and oxygen atoms in total. The molecule has 0 radical (unpaired) electrons. The summed E-state index contributed by atoms with van der Waals surface area (Å²) in [5.74, 6) is 1.50. The molecule has 0 spiro atoms. The van der Waals surface area contributed by atoms with Crippen LogP contribution in [0.25, 0.3) is 6.08 Å². The summed E-state index contributed by atoms with van der Waals surface area (Å²) in [6.45, 7) is 4.70. The van der Waals surface area contributed by atoms with E-state index in [4.69, 9.17) is 4.74 Å². The van der Waals surface area contributed by atoms with E-state index in [1.54, 1.807) is 6.08 Å². The summed E-state index contributed by atoms with van der Waals surface area (Å²) in [5.41, 5.74) is 0.898. The molecule has 1 amide bonds. The number of para-hydroxylation sites is 1. The number of aryl methyl sites for hydroxylation is 1. The predicted octanol–water partition coefficient (Wildman–Crippen LogP) is 2.74. The van der Waals surface area contributed by atoms with Crippen molar-refractivity contribution in [2.45, 2.75) is 39.2 Å². The van der Waals surface area contributed by atoms with Gasteiger partial charge >= 0.3 is 0 Å². The lowest BCUT2D eigenvalue weighted by Crippen LogP contribution is -2.22. The molecule has 0 aliphatic rings. The van der Waals surface area contributed by atoms with Crippen LogP contribution in [-0.4, -0.2) is 33.7 Å². The van der Waals surface area contributed by atoms with E-state index in [-0.39, 0.29) is 12.0 Å². The summed E-state index contributed by atoms with van der Waals surface area (Å²) in [6, 6.07) is 7.71. The molecule has 2 N–H and O–H groups in total. The molecule has 6 heteroatoms. The van der Waals surface area contributed by atoms with Gasteiger partial charge in [0.2, 0.25) is 5.91 Å². The highest BCUT2D eigenvalue weighted by Gasteiger charge is 2.05. The van der Waals surface area contributed by atoms with Crippen molar-refractivity contribution in [3.8, 4) is 5.75 Å². The van der Waals surface area contributed by atoms with Gasteiger partial charge in [-0.15, -0.1) is 0 Å². The molecular formula is C18H24N4O2. The zero-order valence-corrected chi connectivity index (χ0v) is 14.2. The number of H-pyrrole nitrogens is 1. The van der Waals surface area contributed by atoms with Gasteiger partial charge in [0.25, 0.3) is 0 Å². The average molecular weight is 328 g/mol. The first kappa shape index (κ1) is 17.7. The predicted molar refractivity (Wildman–Crippen MR) is 93.6 cm³/mol. The Morgan fingerprint density at radius 1 is 1.42 bits per heavy atom. The topological polar surface area (TPSA) is 79.9 Å². The Hall–Kier alpha value is -2.63. The van der Waals surface area contributed by atoms with Crippen molar-refractivity contribution >= 4 is 12.0 Å². The van der Waals surface area contributed by atoms with E-state index in [9.17, 15) is 4.79 Å². The van der Waals surface area contributed by atoms with Gasteiger partial charge in [-0.05, 0) is 31.9 Å². The van der Waals surface area contributed by atoms with Crippen molar-refractivity contribution in [3.63, 3.8) is 0 Å². The standard InChI is InChI=1S/C18H24N4O2/c1-3-14(2)24-16-8-5-4-7-15(16)10-11-18(23)19-12-6-9-17-20-13-21-22-17/h4-5,7-8,10-11,13-14H,3,6,9,12H2,1-2H3,(H,19,23)(H,20,21,22)/b11-10+. The summed E-state index contributed by atoms with van der Waals surface area (Å²) < 4.78 is 5.87. The fourth-order valence-electron chi connectivity index (χ4n) is 2.07. The zero-order chi connectivity index (χ0) is 17.2. The first-order valence-electron chi connectivity index (χ1n) is 8.25. The van der Waals surface area contributed by atoms with Crippen LogP contribution in [-0.2, 0) is 11.2 Å². The number of hydrogen-bond donors (Lipinski definition) is 2. The third-order valence-electron chi connectivity index (χ3n) is 3.59. The van der Waals surface area contributed by atoms with Crippen molar-refractivity contribution < 1.29 is 9.53 Å². The largest absolute Gasteiger partial charge is 0.490 e. The van der Waals surface area contributed by atoms with E-state index in [1.165, 1.54) is 12.4 Å². The minimum atomic E-state index is -0.120. The molecule has 1 aromatic heterocycles. The summed E-state index contributed by atoms with van der Waals surface area (Å²) in [5, 5.41) is 9.44. The van der Waals surface area contributed by atoms with E-state index in [2.05, 4.69) is 27.4 Å². The number of nitrogens with one attached hydrogen (secondary N) is 2. The molecule has 1 unspecified atom stereocenters. The van der Waals surface area contributed by atoms with Gasteiger partial charge in [0, 0.05) is 24.6 Å². The van der Waals surface area contributed by atoms with Gasteiger partial charge < -0.3 is 10.1 Å². The summed E-state index contributed by atoms with van der Waals surface area (Å²) >= 11 is 0. The van der Waals surface area contributed by atoms with Gasteiger partial charge in [-0.1, -0.05) is 25.1 Å². The Balaban J connectivity index is 1.80. The van der Waals surface area contributed by atoms with Crippen LogP contribution in [0.2, 0.25) is 0 Å². The lowest BCUT2D eigenvalue weighted by Gasteiger charge is -2.14. The van der Waals surface area contributed by atoms with Crippen molar-refractivity contribution in [2.24, 2.45) is 0 Å². The second-order valence-corrected chi connectivity index (χ2v) is 5.53. The number of ether oxygens (including phenoxy) is 1. The second-order valence-electron chi connectivity index (χ2n) is 5.53. The Morgan fingerprint density at radius 3 is 3.00 bits per heavy atom. The molecular weight excluding hydrogens is 304 g/mol. The Morgan fingerprint density at radius 2 is 2.25 bits per heavy atom. The molecule has 1 heterocycles. The van der Waals surface area contributed by atoms with Crippen molar-refractivity contribution in [2.75, 3.05) is 6.54 Å². The van der Waals surface area contributed by atoms with Crippen molar-refractivity contribution in [3.05, 3.63) is 48.1 Å². The monoisotopic (exact) mass is 328 g/mol. The number of nitrogens with zero attached hydrogens (tertiary/aromatic N) is 2. The number of amides is 1. The number of aromatic amines is 1. The molecule has 1 atom stereocenters. The van der Waals surface area contributed by atoms with Crippen LogP contribution in [0.1, 0.15) is 38.1 Å². The molecule has 2 aromatic rings. The van der Waals surface area contributed by atoms with Crippen LogP contribution >= 0.6 is 0 Å². The summed E-state index contributed by atoms with van der Waals surface area (Å²) in [6.07, 6.45) is 7.44. The summed E-state index contributed by atoms with van der Waals surface area (Å²) in [4.78, 5) is 15.9. The van der Waals surface area contributed by atoms with Crippen LogP contribution < -0.4 is 10.1 Å². The van der Waals surface area contributed by atoms with Gasteiger partial charge in [-0.3, -0.25) is 9.89 Å². The first-order chi connectivity index (χ1) is 11.7. The van der Waals surface area contributed by atoms with E-state index in [0.717, 1.165) is 36.4 Å². The smallest absolute Gasteiger partial charge is 0.244 e. The van der Waals surface area contributed by atoms with E-state index in [0.29, 0.717) is 6.54 Å². The lowest BCUT2D eigenvalue weighted by atomic mass is 10.2. The number of aromatic nitrogens is 3. The summed E-state index contributed by atoms with van der Waals surface area (Å²) in [7, 11) is 0. The molecule has 0 aliphatic carbocycles. The van der Waals surface area contributed by atoms with Gasteiger partial charge in [-0.2, -0.15) is 5.10 Å². The normalized spacial score (nSPS) is 12.2. The van der Waals surface area contributed by atoms with Gasteiger partial charge in [0.15, 0.2) is 0 Å². The van der Waals surface area contributed by atoms with Crippen LogP contribution in [0, 0.1) is 0 Å². The third kappa shape index (κ3) is 5.87. The molecule has 0 saturated carbocycles. The molecule has 0 fully saturated rings. The second kappa shape index (κ2) is 9.50. The highest BCUT2D eigenvalue weighted by atomic mass is 16.5. The molecule has 0 aliphatic heterocycles. The highest BCUT2D eigenvalue weighted by Crippen LogP contribution is 2.21.